The number of nitrogens with one attached hydrogen (secondary N) is 1. The summed E-state index contributed by atoms with van der Waals surface area (Å²) in [6, 6.07) is 7.34. The van der Waals surface area contributed by atoms with Crippen molar-refractivity contribution in [3.05, 3.63) is 44.1 Å². The van der Waals surface area contributed by atoms with Gasteiger partial charge in [0.2, 0.25) is 0 Å². The number of hydrogen-bond acceptors (Lipinski definition) is 3. The number of phenols is 1. The number of anilines is 1. The van der Waals surface area contributed by atoms with Gasteiger partial charge in [0.25, 0.3) is 0 Å². The van der Waals surface area contributed by atoms with Gasteiger partial charge in [-0.15, -0.1) is 11.3 Å². The van der Waals surface area contributed by atoms with Crippen LogP contribution in [-0.2, 0) is 0 Å². The van der Waals surface area contributed by atoms with Gasteiger partial charge in [-0.3, -0.25) is 0 Å². The standard InChI is InChI=1S/C13H13Cl2NOS/c1-7-5-9(3-4-11(7)17)16-8(2)10-6-12(14)18-13(10)15/h3-6,8,16-17H,1-2H3. The molecule has 96 valence electrons. The minimum absolute atomic E-state index is 0.0604. The van der Waals surface area contributed by atoms with Crippen LogP contribution in [0.3, 0.4) is 0 Å². The molecule has 0 aliphatic heterocycles. The highest BCUT2D eigenvalue weighted by Crippen LogP contribution is 2.36. The molecule has 2 aromatic rings. The highest BCUT2D eigenvalue weighted by Gasteiger charge is 2.13. The molecule has 2 N–H and O–H groups in total. The molecule has 0 spiro atoms. The fraction of sp³-hybridized carbons (Fsp3) is 0.231. The van der Waals surface area contributed by atoms with Gasteiger partial charge >= 0.3 is 0 Å². The molecule has 1 aromatic carbocycles. The summed E-state index contributed by atoms with van der Waals surface area (Å²) in [5, 5.41) is 12.8. The van der Waals surface area contributed by atoms with Crippen molar-refractivity contribution in [2.75, 3.05) is 5.32 Å². The molecule has 0 saturated heterocycles. The van der Waals surface area contributed by atoms with Gasteiger partial charge in [0, 0.05) is 11.3 Å². The molecular formula is C13H13Cl2NOS. The monoisotopic (exact) mass is 301 g/mol. The van der Waals surface area contributed by atoms with Crippen LogP contribution in [-0.4, -0.2) is 5.11 Å². The first-order valence-corrected chi connectivity index (χ1v) is 7.05. The molecule has 2 rings (SSSR count). The molecule has 0 aliphatic rings. The van der Waals surface area contributed by atoms with E-state index in [2.05, 4.69) is 5.32 Å². The maximum absolute atomic E-state index is 9.48. The van der Waals surface area contributed by atoms with Crippen LogP contribution in [0.4, 0.5) is 5.69 Å². The van der Waals surface area contributed by atoms with Crippen LogP contribution in [0.1, 0.15) is 24.1 Å². The van der Waals surface area contributed by atoms with Crippen molar-refractivity contribution in [2.45, 2.75) is 19.9 Å². The Morgan fingerprint density at radius 2 is 2.00 bits per heavy atom. The lowest BCUT2D eigenvalue weighted by Gasteiger charge is -2.15. The molecule has 1 heterocycles. The van der Waals surface area contributed by atoms with E-state index in [0.29, 0.717) is 14.4 Å². The summed E-state index contributed by atoms with van der Waals surface area (Å²) in [6.45, 7) is 3.88. The van der Waals surface area contributed by atoms with Gasteiger partial charge in [0.1, 0.15) is 5.75 Å². The zero-order valence-electron chi connectivity index (χ0n) is 10.00. The summed E-state index contributed by atoms with van der Waals surface area (Å²) < 4.78 is 1.39. The van der Waals surface area contributed by atoms with Gasteiger partial charge in [-0.1, -0.05) is 23.2 Å². The van der Waals surface area contributed by atoms with Crippen molar-refractivity contribution in [3.8, 4) is 5.75 Å². The van der Waals surface area contributed by atoms with Crippen molar-refractivity contribution in [1.82, 2.24) is 0 Å². The summed E-state index contributed by atoms with van der Waals surface area (Å²) in [4.78, 5) is 0. The number of rotatable bonds is 3. The van der Waals surface area contributed by atoms with E-state index in [1.54, 1.807) is 6.07 Å². The van der Waals surface area contributed by atoms with Crippen LogP contribution in [0.5, 0.6) is 5.75 Å². The van der Waals surface area contributed by atoms with Gasteiger partial charge in [-0.25, -0.2) is 0 Å². The second-order valence-electron chi connectivity index (χ2n) is 4.15. The Labute approximate surface area is 120 Å². The van der Waals surface area contributed by atoms with Crippen molar-refractivity contribution in [2.24, 2.45) is 0 Å². The van der Waals surface area contributed by atoms with Crippen molar-refractivity contribution >= 4 is 40.2 Å². The first-order valence-electron chi connectivity index (χ1n) is 5.48. The third-order valence-electron chi connectivity index (χ3n) is 2.73. The molecule has 0 saturated carbocycles. The van der Waals surface area contributed by atoms with E-state index in [-0.39, 0.29) is 6.04 Å². The van der Waals surface area contributed by atoms with Crippen LogP contribution in [0, 0.1) is 6.92 Å². The fourth-order valence-electron chi connectivity index (χ4n) is 1.72. The maximum atomic E-state index is 9.48. The summed E-state index contributed by atoms with van der Waals surface area (Å²) in [5.41, 5.74) is 2.76. The quantitative estimate of drug-likeness (QED) is 0.760. The molecule has 5 heteroatoms. The number of benzene rings is 1. The maximum Gasteiger partial charge on any atom is 0.118 e. The first-order chi connectivity index (χ1) is 8.47. The van der Waals surface area contributed by atoms with E-state index in [4.69, 9.17) is 23.2 Å². The lowest BCUT2D eigenvalue weighted by molar-refractivity contribution is 0.471. The van der Waals surface area contributed by atoms with E-state index >= 15 is 0 Å². The third kappa shape index (κ3) is 2.91. The topological polar surface area (TPSA) is 32.3 Å². The lowest BCUT2D eigenvalue weighted by Crippen LogP contribution is -2.06. The SMILES string of the molecule is Cc1cc(NC(C)c2cc(Cl)sc2Cl)ccc1O. The average molecular weight is 302 g/mol. The fourth-order valence-corrected chi connectivity index (χ4v) is 3.37. The van der Waals surface area contributed by atoms with Crippen LogP contribution in [0.15, 0.2) is 24.3 Å². The minimum Gasteiger partial charge on any atom is -0.508 e. The second-order valence-corrected chi connectivity index (χ2v) is 6.43. The molecule has 0 fully saturated rings. The lowest BCUT2D eigenvalue weighted by atomic mass is 10.1. The van der Waals surface area contributed by atoms with Gasteiger partial charge in [-0.2, -0.15) is 0 Å². The van der Waals surface area contributed by atoms with E-state index in [9.17, 15) is 5.11 Å². The molecule has 0 radical (unpaired) electrons. The normalized spacial score (nSPS) is 12.4. The van der Waals surface area contributed by atoms with Crippen LogP contribution < -0.4 is 5.32 Å². The Bertz CT molecular complexity index is 568. The molecule has 1 aromatic heterocycles. The van der Waals surface area contributed by atoms with Gasteiger partial charge in [-0.05, 0) is 43.7 Å². The second kappa shape index (κ2) is 5.39. The Morgan fingerprint density at radius 3 is 2.56 bits per heavy atom. The van der Waals surface area contributed by atoms with Gasteiger partial charge in [0.15, 0.2) is 0 Å². The van der Waals surface area contributed by atoms with E-state index in [1.807, 2.05) is 32.0 Å². The molecule has 0 bridgehead atoms. The molecule has 1 unspecified atom stereocenters. The number of hydrogen-bond donors (Lipinski definition) is 2. The van der Waals surface area contributed by atoms with E-state index < -0.39 is 0 Å². The molecule has 1 atom stereocenters. The van der Waals surface area contributed by atoms with Gasteiger partial charge in [0.05, 0.1) is 14.7 Å². The first kappa shape index (κ1) is 13.5. The van der Waals surface area contributed by atoms with Crippen molar-refractivity contribution in [3.63, 3.8) is 0 Å². The predicted molar refractivity (Wildman–Crippen MR) is 79.2 cm³/mol. The minimum atomic E-state index is 0.0604. The molecular weight excluding hydrogens is 289 g/mol. The highest BCUT2D eigenvalue weighted by molar-refractivity contribution is 7.20. The Hall–Kier alpha value is -0.900. The number of phenolic OH excluding ortho intramolecular Hbond substituents is 1. The summed E-state index contributed by atoms with van der Waals surface area (Å²) in [6.07, 6.45) is 0. The van der Waals surface area contributed by atoms with Crippen molar-refractivity contribution in [1.29, 1.82) is 0 Å². The van der Waals surface area contributed by atoms with Gasteiger partial charge < -0.3 is 10.4 Å². The molecule has 0 amide bonds. The van der Waals surface area contributed by atoms with E-state index in [0.717, 1.165) is 16.8 Å². The van der Waals surface area contributed by atoms with Crippen LogP contribution >= 0.6 is 34.5 Å². The summed E-state index contributed by atoms with van der Waals surface area (Å²) in [7, 11) is 0. The molecule has 0 aliphatic carbocycles. The smallest absolute Gasteiger partial charge is 0.118 e. The highest BCUT2D eigenvalue weighted by atomic mass is 35.5. The zero-order valence-corrected chi connectivity index (χ0v) is 12.3. The number of aromatic hydroxyl groups is 1. The van der Waals surface area contributed by atoms with Crippen LogP contribution in [0.25, 0.3) is 0 Å². The van der Waals surface area contributed by atoms with Crippen molar-refractivity contribution < 1.29 is 5.11 Å². The largest absolute Gasteiger partial charge is 0.508 e. The molecule has 18 heavy (non-hydrogen) atoms. The predicted octanol–water partition coefficient (Wildman–Crippen LogP) is 5.24. The number of halogens is 2. The zero-order chi connectivity index (χ0) is 13.3. The number of thiophene rings is 1. The Kier molecular flexibility index (Phi) is 4.05. The molecule has 2 nitrogen and oxygen atoms in total. The summed E-state index contributed by atoms with van der Waals surface area (Å²) >= 11 is 13.4. The third-order valence-corrected chi connectivity index (χ3v) is 4.25. The summed E-state index contributed by atoms with van der Waals surface area (Å²) in [5.74, 6) is 0.296. The van der Waals surface area contributed by atoms with Crippen LogP contribution in [0.2, 0.25) is 8.67 Å². The number of aryl methyl sites for hydroxylation is 1. The Balaban J connectivity index is 2.18. The Morgan fingerprint density at radius 1 is 1.28 bits per heavy atom. The average Bonchev–Trinajstić information content (AvgIpc) is 2.63. The van der Waals surface area contributed by atoms with E-state index in [1.165, 1.54) is 11.3 Å².